The van der Waals surface area contributed by atoms with Gasteiger partial charge in [0.15, 0.2) is 0 Å². The lowest BCUT2D eigenvalue weighted by Crippen LogP contribution is -2.03. The van der Waals surface area contributed by atoms with E-state index in [2.05, 4.69) is 20.3 Å². The van der Waals surface area contributed by atoms with Gasteiger partial charge in [-0.2, -0.15) is 15.0 Å². The van der Waals surface area contributed by atoms with Gasteiger partial charge in [0, 0.05) is 11.9 Å². The monoisotopic (exact) mass is 256 g/mol. The van der Waals surface area contributed by atoms with E-state index in [0.717, 1.165) is 4.88 Å². The Morgan fingerprint density at radius 2 is 2.31 bits per heavy atom. The largest absolute Gasteiger partial charge is 0.458 e. The van der Waals surface area contributed by atoms with E-state index in [1.165, 1.54) is 0 Å². The van der Waals surface area contributed by atoms with Gasteiger partial charge in [-0.05, 0) is 23.0 Å². The Kier molecular flexibility index (Phi) is 3.53. The molecule has 0 aromatic carbocycles. The minimum Gasteiger partial charge on any atom is -0.458 e. The molecule has 2 aromatic rings. The lowest BCUT2D eigenvalue weighted by molar-refractivity contribution is 0.283. The summed E-state index contributed by atoms with van der Waals surface area (Å²) in [6.07, 6.45) is 0. The van der Waals surface area contributed by atoms with Crippen molar-refractivity contribution >= 4 is 28.9 Å². The number of nitrogens with one attached hydrogen (secondary N) is 1. The van der Waals surface area contributed by atoms with Crippen molar-refractivity contribution in [3.63, 3.8) is 0 Å². The highest BCUT2D eigenvalue weighted by atomic mass is 35.5. The maximum Gasteiger partial charge on any atom is 0.322 e. The summed E-state index contributed by atoms with van der Waals surface area (Å²) in [5.74, 6) is 0.390. The highest BCUT2D eigenvalue weighted by molar-refractivity contribution is 7.09. The molecule has 5 nitrogen and oxygen atoms in total. The average Bonchev–Trinajstić information content (AvgIpc) is 2.78. The van der Waals surface area contributed by atoms with Crippen LogP contribution in [0.25, 0.3) is 0 Å². The van der Waals surface area contributed by atoms with Gasteiger partial charge in [-0.3, -0.25) is 0 Å². The number of anilines is 1. The molecule has 0 saturated heterocycles. The molecular weight excluding hydrogens is 248 g/mol. The highest BCUT2D eigenvalue weighted by Gasteiger charge is 2.05. The molecule has 0 aliphatic carbocycles. The Labute approximate surface area is 101 Å². The summed E-state index contributed by atoms with van der Waals surface area (Å²) in [6.45, 7) is 0.432. The SMILES string of the molecule is CNc1nc(Cl)nc(OCc2cccs2)n1. The number of nitrogens with zero attached hydrogens (tertiary/aromatic N) is 3. The van der Waals surface area contributed by atoms with Gasteiger partial charge in [0.2, 0.25) is 11.2 Å². The Morgan fingerprint density at radius 1 is 1.44 bits per heavy atom. The molecule has 0 saturated carbocycles. The van der Waals surface area contributed by atoms with Gasteiger partial charge in [0.25, 0.3) is 0 Å². The summed E-state index contributed by atoms with van der Waals surface area (Å²) >= 11 is 7.32. The van der Waals surface area contributed by atoms with Gasteiger partial charge >= 0.3 is 6.01 Å². The molecule has 16 heavy (non-hydrogen) atoms. The van der Waals surface area contributed by atoms with Crippen molar-refractivity contribution in [2.24, 2.45) is 0 Å². The molecular formula is C9H9ClN4OS. The molecule has 2 rings (SSSR count). The Balaban J connectivity index is 2.06. The van der Waals surface area contributed by atoms with Crippen LogP contribution in [0.15, 0.2) is 17.5 Å². The third-order valence-electron chi connectivity index (χ3n) is 1.73. The summed E-state index contributed by atoms with van der Waals surface area (Å²) in [5.41, 5.74) is 0. The van der Waals surface area contributed by atoms with E-state index < -0.39 is 0 Å². The Morgan fingerprint density at radius 3 is 3.00 bits per heavy atom. The Bertz CT molecular complexity index is 463. The molecule has 0 spiro atoms. The van der Waals surface area contributed by atoms with Crippen molar-refractivity contribution in [2.75, 3.05) is 12.4 Å². The van der Waals surface area contributed by atoms with Crippen molar-refractivity contribution in [2.45, 2.75) is 6.61 Å². The van der Waals surface area contributed by atoms with Gasteiger partial charge in [-0.1, -0.05) is 6.07 Å². The minimum atomic E-state index is 0.112. The first-order valence-corrected chi connectivity index (χ1v) is 5.78. The van der Waals surface area contributed by atoms with Crippen molar-refractivity contribution in [3.8, 4) is 6.01 Å². The maximum atomic E-state index is 5.71. The van der Waals surface area contributed by atoms with E-state index in [9.17, 15) is 0 Å². The number of hydrogen-bond acceptors (Lipinski definition) is 6. The molecule has 0 radical (unpaired) electrons. The fourth-order valence-electron chi connectivity index (χ4n) is 1.04. The van der Waals surface area contributed by atoms with E-state index in [0.29, 0.717) is 12.6 Å². The van der Waals surface area contributed by atoms with Crippen molar-refractivity contribution in [1.82, 2.24) is 15.0 Å². The third-order valence-corrected chi connectivity index (χ3v) is 2.75. The van der Waals surface area contributed by atoms with Crippen LogP contribution in [-0.2, 0) is 6.61 Å². The van der Waals surface area contributed by atoms with Gasteiger partial charge < -0.3 is 10.1 Å². The molecule has 2 aromatic heterocycles. The molecule has 7 heteroatoms. The van der Waals surface area contributed by atoms with Gasteiger partial charge in [0.1, 0.15) is 6.61 Å². The summed E-state index contributed by atoms with van der Waals surface area (Å²) in [5, 5.41) is 4.87. The zero-order valence-corrected chi connectivity index (χ0v) is 10.0. The summed E-state index contributed by atoms with van der Waals surface area (Å²) in [6, 6.07) is 4.16. The molecule has 1 N–H and O–H groups in total. The first-order valence-electron chi connectivity index (χ1n) is 4.52. The van der Waals surface area contributed by atoms with Crippen LogP contribution in [0.5, 0.6) is 6.01 Å². The van der Waals surface area contributed by atoms with Crippen LogP contribution in [0, 0.1) is 0 Å². The number of rotatable bonds is 4. The predicted molar refractivity (Wildman–Crippen MR) is 63.0 cm³/mol. The van der Waals surface area contributed by atoms with Crippen LogP contribution in [-0.4, -0.2) is 22.0 Å². The predicted octanol–water partition coefficient (Wildman–Crippen LogP) is 2.21. The van der Waals surface area contributed by atoms with E-state index in [1.807, 2.05) is 17.5 Å². The quantitative estimate of drug-likeness (QED) is 0.909. The fraction of sp³-hybridized carbons (Fsp3) is 0.222. The average molecular weight is 257 g/mol. The van der Waals surface area contributed by atoms with E-state index >= 15 is 0 Å². The minimum absolute atomic E-state index is 0.112. The lowest BCUT2D eigenvalue weighted by atomic mass is 10.5. The van der Waals surface area contributed by atoms with Crippen LogP contribution in [0.1, 0.15) is 4.88 Å². The number of hydrogen-bond donors (Lipinski definition) is 1. The normalized spacial score (nSPS) is 10.1. The van der Waals surface area contributed by atoms with Crippen LogP contribution in [0.4, 0.5) is 5.95 Å². The molecule has 0 fully saturated rings. The van der Waals surface area contributed by atoms with Crippen LogP contribution < -0.4 is 10.1 Å². The van der Waals surface area contributed by atoms with Gasteiger partial charge in [-0.25, -0.2) is 0 Å². The van der Waals surface area contributed by atoms with Crippen LogP contribution in [0.3, 0.4) is 0 Å². The third kappa shape index (κ3) is 2.80. The molecule has 0 aliphatic rings. The van der Waals surface area contributed by atoms with E-state index in [-0.39, 0.29) is 11.3 Å². The fourth-order valence-corrected chi connectivity index (χ4v) is 1.81. The van der Waals surface area contributed by atoms with Gasteiger partial charge in [0.05, 0.1) is 0 Å². The molecule has 0 aliphatic heterocycles. The van der Waals surface area contributed by atoms with Crippen LogP contribution in [0.2, 0.25) is 5.28 Å². The van der Waals surface area contributed by atoms with E-state index in [4.69, 9.17) is 16.3 Å². The second-order valence-electron chi connectivity index (χ2n) is 2.83. The number of ether oxygens (including phenoxy) is 1. The zero-order valence-electron chi connectivity index (χ0n) is 8.48. The maximum absolute atomic E-state index is 5.71. The number of aromatic nitrogens is 3. The van der Waals surface area contributed by atoms with E-state index in [1.54, 1.807) is 18.4 Å². The lowest BCUT2D eigenvalue weighted by Gasteiger charge is -2.04. The summed E-state index contributed by atoms with van der Waals surface area (Å²) < 4.78 is 5.40. The smallest absolute Gasteiger partial charge is 0.322 e. The number of halogens is 1. The molecule has 0 atom stereocenters. The second-order valence-corrected chi connectivity index (χ2v) is 4.20. The summed E-state index contributed by atoms with van der Waals surface area (Å²) in [7, 11) is 1.70. The summed E-state index contributed by atoms with van der Waals surface area (Å²) in [4.78, 5) is 12.8. The zero-order chi connectivity index (χ0) is 11.4. The molecule has 2 heterocycles. The second kappa shape index (κ2) is 5.09. The Hall–Kier alpha value is -1.40. The van der Waals surface area contributed by atoms with Crippen molar-refractivity contribution in [1.29, 1.82) is 0 Å². The molecule has 0 bridgehead atoms. The van der Waals surface area contributed by atoms with Crippen molar-refractivity contribution < 1.29 is 4.74 Å². The first kappa shape index (κ1) is 11.1. The highest BCUT2D eigenvalue weighted by Crippen LogP contribution is 2.14. The molecule has 0 amide bonds. The molecule has 0 unspecified atom stereocenters. The standard InChI is InChI=1S/C9H9ClN4OS/c1-11-8-12-7(10)13-9(14-8)15-5-6-3-2-4-16-6/h2-4H,5H2,1H3,(H,11,12,13,14). The molecule has 84 valence electrons. The topological polar surface area (TPSA) is 59.9 Å². The number of thiophene rings is 1. The van der Waals surface area contributed by atoms with Gasteiger partial charge in [-0.15, -0.1) is 11.3 Å². The first-order chi connectivity index (χ1) is 7.78. The van der Waals surface area contributed by atoms with Crippen LogP contribution >= 0.6 is 22.9 Å². The van der Waals surface area contributed by atoms with Crippen molar-refractivity contribution in [3.05, 3.63) is 27.7 Å².